The molecule has 180 valence electrons. The van der Waals surface area contributed by atoms with E-state index in [-0.39, 0.29) is 0 Å². The number of hydrogen-bond donors (Lipinski definition) is 0. The molecular weight excluding hydrogens is 472 g/mol. The predicted octanol–water partition coefficient (Wildman–Crippen LogP) is 11.0. The summed E-state index contributed by atoms with van der Waals surface area (Å²) in [5, 5.41) is 12.7. The first kappa shape index (κ1) is 20.9. The number of hydrogen-bond acceptors (Lipinski definition) is 1. The van der Waals surface area contributed by atoms with Crippen LogP contribution in [-0.4, -0.2) is 0 Å². The van der Waals surface area contributed by atoms with Gasteiger partial charge in [0.1, 0.15) is 11.2 Å². The fraction of sp³-hybridized carbons (Fsp3) is 0. The summed E-state index contributed by atoms with van der Waals surface area (Å²) in [4.78, 5) is 0. The van der Waals surface area contributed by atoms with Gasteiger partial charge in [-0.1, -0.05) is 115 Å². The van der Waals surface area contributed by atoms with Gasteiger partial charge in [0.2, 0.25) is 0 Å². The molecule has 0 bridgehead atoms. The van der Waals surface area contributed by atoms with Crippen LogP contribution in [0.5, 0.6) is 0 Å². The Hall–Kier alpha value is -5.14. The molecule has 0 unspecified atom stereocenters. The third kappa shape index (κ3) is 2.90. The van der Waals surface area contributed by atoms with Crippen molar-refractivity contribution in [3.05, 3.63) is 133 Å². The van der Waals surface area contributed by atoms with Crippen LogP contribution in [0, 0.1) is 0 Å². The lowest BCUT2D eigenvalue weighted by Crippen LogP contribution is -1.89. The van der Waals surface area contributed by atoms with E-state index in [4.69, 9.17) is 4.42 Å². The molecule has 1 heterocycles. The molecule has 39 heavy (non-hydrogen) atoms. The lowest BCUT2D eigenvalue weighted by Gasteiger charge is -2.16. The molecular formula is C38H22O. The maximum absolute atomic E-state index is 6.10. The van der Waals surface area contributed by atoms with Crippen molar-refractivity contribution in [2.75, 3.05) is 0 Å². The zero-order chi connectivity index (χ0) is 25.5. The van der Waals surface area contributed by atoms with Crippen LogP contribution in [0.1, 0.15) is 0 Å². The molecule has 0 aliphatic heterocycles. The van der Waals surface area contributed by atoms with E-state index in [1.54, 1.807) is 0 Å². The van der Waals surface area contributed by atoms with E-state index >= 15 is 0 Å². The molecule has 0 saturated carbocycles. The summed E-state index contributed by atoms with van der Waals surface area (Å²) in [6.45, 7) is 0. The fourth-order valence-corrected chi connectivity index (χ4v) is 6.66. The van der Waals surface area contributed by atoms with Gasteiger partial charge in [-0.2, -0.15) is 0 Å². The summed E-state index contributed by atoms with van der Waals surface area (Å²) in [7, 11) is 0. The van der Waals surface area contributed by atoms with E-state index in [1.807, 2.05) is 12.1 Å². The zero-order valence-electron chi connectivity index (χ0n) is 21.1. The molecule has 0 fully saturated rings. The Morgan fingerprint density at radius 1 is 0.333 bits per heavy atom. The molecule has 0 spiro atoms. The molecule has 9 aromatic rings. The van der Waals surface area contributed by atoms with Crippen LogP contribution in [0.3, 0.4) is 0 Å². The van der Waals surface area contributed by atoms with Crippen LogP contribution in [0.25, 0.3) is 87.3 Å². The average Bonchev–Trinajstić information content (AvgIpc) is 3.37. The van der Waals surface area contributed by atoms with Crippen molar-refractivity contribution >= 4 is 65.0 Å². The standard InChI is InChI=1S/C38H22O/c1-2-13-35-32(8-1)34-22-26(18-21-36(34)39-35)27-9-4-11-29-28(27)10-5-12-30(29)31-19-16-25-15-14-23-6-3-7-24-17-20-33(31)38(25)37(23)24/h1-22H. The molecule has 0 radical (unpaired) electrons. The highest BCUT2D eigenvalue weighted by Gasteiger charge is 2.15. The van der Waals surface area contributed by atoms with Crippen LogP contribution >= 0.6 is 0 Å². The zero-order valence-corrected chi connectivity index (χ0v) is 21.1. The van der Waals surface area contributed by atoms with E-state index in [2.05, 4.69) is 121 Å². The molecule has 0 N–H and O–H groups in total. The molecule has 0 saturated heterocycles. The highest BCUT2D eigenvalue weighted by Crippen LogP contribution is 2.42. The van der Waals surface area contributed by atoms with Gasteiger partial charge < -0.3 is 4.42 Å². The second-order valence-corrected chi connectivity index (χ2v) is 10.5. The number of rotatable bonds is 2. The Morgan fingerprint density at radius 3 is 1.82 bits per heavy atom. The van der Waals surface area contributed by atoms with Crippen LogP contribution in [0.15, 0.2) is 138 Å². The van der Waals surface area contributed by atoms with E-state index < -0.39 is 0 Å². The maximum Gasteiger partial charge on any atom is 0.135 e. The summed E-state index contributed by atoms with van der Waals surface area (Å²) in [5.41, 5.74) is 6.83. The van der Waals surface area contributed by atoms with E-state index in [1.165, 1.54) is 65.3 Å². The molecule has 9 rings (SSSR count). The minimum atomic E-state index is 0.925. The summed E-state index contributed by atoms with van der Waals surface area (Å²) < 4.78 is 6.10. The van der Waals surface area contributed by atoms with Crippen molar-refractivity contribution in [2.45, 2.75) is 0 Å². The van der Waals surface area contributed by atoms with Crippen molar-refractivity contribution in [3.63, 3.8) is 0 Å². The Bertz CT molecular complexity index is 2370. The van der Waals surface area contributed by atoms with E-state index in [0.717, 1.165) is 21.9 Å². The third-order valence-corrected chi connectivity index (χ3v) is 8.43. The van der Waals surface area contributed by atoms with E-state index in [0.29, 0.717) is 0 Å². The van der Waals surface area contributed by atoms with Gasteiger partial charge in [0.15, 0.2) is 0 Å². The molecule has 0 aliphatic rings. The summed E-state index contributed by atoms with van der Waals surface area (Å²) >= 11 is 0. The number of fused-ring (bicyclic) bond motifs is 4. The van der Waals surface area contributed by atoms with Crippen LogP contribution in [0.2, 0.25) is 0 Å². The van der Waals surface area contributed by atoms with Gasteiger partial charge in [-0.15, -0.1) is 0 Å². The van der Waals surface area contributed by atoms with Gasteiger partial charge in [-0.3, -0.25) is 0 Å². The van der Waals surface area contributed by atoms with Crippen molar-refractivity contribution in [2.24, 2.45) is 0 Å². The van der Waals surface area contributed by atoms with E-state index in [9.17, 15) is 0 Å². The van der Waals surface area contributed by atoms with Crippen molar-refractivity contribution in [1.82, 2.24) is 0 Å². The van der Waals surface area contributed by atoms with Crippen molar-refractivity contribution < 1.29 is 4.42 Å². The second kappa shape index (κ2) is 7.69. The second-order valence-electron chi connectivity index (χ2n) is 10.5. The van der Waals surface area contributed by atoms with Gasteiger partial charge in [0.05, 0.1) is 0 Å². The quantitative estimate of drug-likeness (QED) is 0.218. The van der Waals surface area contributed by atoms with Crippen molar-refractivity contribution in [1.29, 1.82) is 0 Å². The normalized spacial score (nSPS) is 12.1. The molecule has 0 atom stereocenters. The minimum absolute atomic E-state index is 0.925. The Balaban J connectivity index is 1.31. The average molecular weight is 495 g/mol. The Kier molecular flexibility index (Phi) is 4.11. The molecule has 1 nitrogen and oxygen atoms in total. The first-order chi connectivity index (χ1) is 19.3. The van der Waals surface area contributed by atoms with Gasteiger partial charge in [0.25, 0.3) is 0 Å². The van der Waals surface area contributed by atoms with Crippen LogP contribution in [0.4, 0.5) is 0 Å². The number of para-hydroxylation sites is 1. The molecule has 1 aromatic heterocycles. The topological polar surface area (TPSA) is 13.1 Å². The van der Waals surface area contributed by atoms with Gasteiger partial charge in [-0.05, 0) is 83.5 Å². The third-order valence-electron chi connectivity index (χ3n) is 8.43. The van der Waals surface area contributed by atoms with Gasteiger partial charge in [-0.25, -0.2) is 0 Å². The van der Waals surface area contributed by atoms with Crippen molar-refractivity contribution in [3.8, 4) is 22.3 Å². The summed E-state index contributed by atoms with van der Waals surface area (Å²) in [6.07, 6.45) is 0. The lowest BCUT2D eigenvalue weighted by atomic mass is 9.87. The molecule has 1 heteroatoms. The van der Waals surface area contributed by atoms with Gasteiger partial charge in [0, 0.05) is 10.8 Å². The largest absolute Gasteiger partial charge is 0.456 e. The minimum Gasteiger partial charge on any atom is -0.456 e. The number of furan rings is 1. The molecule has 0 amide bonds. The summed E-state index contributed by atoms with van der Waals surface area (Å²) in [5.74, 6) is 0. The monoisotopic (exact) mass is 494 g/mol. The van der Waals surface area contributed by atoms with Gasteiger partial charge >= 0.3 is 0 Å². The first-order valence-corrected chi connectivity index (χ1v) is 13.4. The summed E-state index contributed by atoms with van der Waals surface area (Å²) in [6, 6.07) is 48.5. The molecule has 8 aromatic carbocycles. The highest BCUT2D eigenvalue weighted by atomic mass is 16.3. The van der Waals surface area contributed by atoms with Crippen LogP contribution < -0.4 is 0 Å². The number of benzene rings is 8. The lowest BCUT2D eigenvalue weighted by molar-refractivity contribution is 0.669. The molecule has 0 aliphatic carbocycles. The fourth-order valence-electron chi connectivity index (χ4n) is 6.66. The maximum atomic E-state index is 6.10. The highest BCUT2D eigenvalue weighted by molar-refractivity contribution is 6.26. The predicted molar refractivity (Wildman–Crippen MR) is 166 cm³/mol. The SMILES string of the molecule is c1cc2ccc3ccc(-c4cccc5c(-c6ccc7oc8ccccc8c7c6)cccc45)c4ccc(c1)c2c34. The smallest absolute Gasteiger partial charge is 0.135 e. The Morgan fingerprint density at radius 2 is 0.949 bits per heavy atom. The van der Waals surface area contributed by atoms with Crippen LogP contribution in [-0.2, 0) is 0 Å². The first-order valence-electron chi connectivity index (χ1n) is 13.4. The Labute approximate surface area is 224 Å².